The molecule has 1 amide bonds. The Hall–Kier alpha value is -2.60. The smallest absolute Gasteiger partial charge is 0.254 e. The molecule has 5 nitrogen and oxygen atoms in total. The molecule has 1 aliphatic carbocycles. The van der Waals surface area contributed by atoms with E-state index < -0.39 is 0 Å². The Labute approximate surface area is 161 Å². The van der Waals surface area contributed by atoms with Crippen LogP contribution in [0.3, 0.4) is 0 Å². The van der Waals surface area contributed by atoms with Crippen molar-refractivity contribution in [3.63, 3.8) is 0 Å². The summed E-state index contributed by atoms with van der Waals surface area (Å²) < 4.78 is 0. The number of aromatic amines is 1. The lowest BCUT2D eigenvalue weighted by Crippen LogP contribution is -2.25. The van der Waals surface area contributed by atoms with Gasteiger partial charge in [-0.05, 0) is 55.5 Å². The molecule has 0 spiro atoms. The number of nitrogens with one attached hydrogen (secondary N) is 2. The van der Waals surface area contributed by atoms with Crippen LogP contribution in [-0.2, 0) is 17.6 Å². The van der Waals surface area contributed by atoms with Crippen LogP contribution in [0.15, 0.2) is 52.4 Å². The second kappa shape index (κ2) is 7.56. The zero-order valence-electron chi connectivity index (χ0n) is 15.1. The second-order valence-corrected chi connectivity index (χ2v) is 8.14. The molecule has 6 heteroatoms. The molecule has 27 heavy (non-hydrogen) atoms. The maximum absolute atomic E-state index is 12.6. The minimum absolute atomic E-state index is 0.0654. The molecule has 0 aliphatic heterocycles. The van der Waals surface area contributed by atoms with E-state index in [9.17, 15) is 9.59 Å². The summed E-state index contributed by atoms with van der Waals surface area (Å²) in [6, 6.07) is 13.9. The van der Waals surface area contributed by atoms with Gasteiger partial charge in [0.25, 0.3) is 5.56 Å². The molecule has 1 heterocycles. The lowest BCUT2D eigenvalue weighted by molar-refractivity contribution is -0.115. The predicted octanol–water partition coefficient (Wildman–Crippen LogP) is 3.92. The number of anilines is 1. The third-order valence-corrected chi connectivity index (χ3v) is 5.83. The van der Waals surface area contributed by atoms with Crippen molar-refractivity contribution < 1.29 is 4.79 Å². The normalized spacial score (nSPS) is 14.6. The van der Waals surface area contributed by atoms with Crippen molar-refractivity contribution in [1.82, 2.24) is 9.97 Å². The van der Waals surface area contributed by atoms with Crippen molar-refractivity contribution in [3.8, 4) is 0 Å². The van der Waals surface area contributed by atoms with Gasteiger partial charge < -0.3 is 10.3 Å². The molecule has 0 bridgehead atoms. The van der Waals surface area contributed by atoms with E-state index in [2.05, 4.69) is 15.3 Å². The highest BCUT2D eigenvalue weighted by Gasteiger charge is 2.20. The summed E-state index contributed by atoms with van der Waals surface area (Å²) >= 11 is 1.28. The monoisotopic (exact) mass is 379 g/mol. The molecule has 138 valence electrons. The van der Waals surface area contributed by atoms with Crippen LogP contribution < -0.4 is 10.9 Å². The van der Waals surface area contributed by atoms with Crippen LogP contribution in [0.5, 0.6) is 0 Å². The number of hydrogen-bond donors (Lipinski definition) is 2. The first-order chi connectivity index (χ1) is 13.1. The number of carbonyl (C=O) groups excluding carboxylic acids is 1. The van der Waals surface area contributed by atoms with E-state index >= 15 is 0 Å². The number of benzene rings is 2. The SMILES string of the molecule is C[C@@H](Sc1nc2c(c(=O)[nH]1)CCCC2)C(=O)Nc1ccc2ccccc2c1. The van der Waals surface area contributed by atoms with Gasteiger partial charge in [0.15, 0.2) is 5.16 Å². The molecule has 0 fully saturated rings. The zero-order chi connectivity index (χ0) is 18.8. The van der Waals surface area contributed by atoms with Crippen molar-refractivity contribution in [3.05, 3.63) is 64.1 Å². The van der Waals surface area contributed by atoms with Crippen molar-refractivity contribution in [2.45, 2.75) is 43.0 Å². The fourth-order valence-electron chi connectivity index (χ4n) is 3.37. The third-order valence-electron chi connectivity index (χ3n) is 4.84. The molecule has 3 aromatic rings. The number of carbonyl (C=O) groups is 1. The molecule has 1 atom stereocenters. The van der Waals surface area contributed by atoms with Crippen molar-refractivity contribution in [1.29, 1.82) is 0 Å². The van der Waals surface area contributed by atoms with Crippen molar-refractivity contribution >= 4 is 34.1 Å². The Balaban J connectivity index is 1.47. The Morgan fingerprint density at radius 1 is 1.15 bits per heavy atom. The number of H-pyrrole nitrogens is 1. The fourth-order valence-corrected chi connectivity index (χ4v) is 4.18. The molecule has 2 aromatic carbocycles. The summed E-state index contributed by atoms with van der Waals surface area (Å²) in [5.41, 5.74) is 2.39. The Kier molecular flexibility index (Phi) is 4.99. The van der Waals surface area contributed by atoms with E-state index in [4.69, 9.17) is 0 Å². The number of aromatic nitrogens is 2. The van der Waals surface area contributed by atoms with Crippen LogP contribution in [0.1, 0.15) is 31.0 Å². The lowest BCUT2D eigenvalue weighted by Gasteiger charge is -2.16. The van der Waals surface area contributed by atoms with Gasteiger partial charge in [0, 0.05) is 11.3 Å². The molecular formula is C21H21N3O2S. The Morgan fingerprint density at radius 3 is 2.78 bits per heavy atom. The summed E-state index contributed by atoms with van der Waals surface area (Å²) in [6.07, 6.45) is 3.73. The van der Waals surface area contributed by atoms with Gasteiger partial charge in [-0.15, -0.1) is 0 Å². The number of rotatable bonds is 4. The van der Waals surface area contributed by atoms with E-state index in [0.717, 1.165) is 53.4 Å². The van der Waals surface area contributed by atoms with Gasteiger partial charge in [0.05, 0.1) is 10.9 Å². The first kappa shape index (κ1) is 17.8. The Bertz CT molecular complexity index is 1060. The summed E-state index contributed by atoms with van der Waals surface area (Å²) in [5.74, 6) is -0.115. The molecule has 0 unspecified atom stereocenters. The molecule has 1 aliphatic rings. The van der Waals surface area contributed by atoms with E-state index in [1.165, 1.54) is 11.8 Å². The average molecular weight is 379 g/mol. The summed E-state index contributed by atoms with van der Waals surface area (Å²) in [5, 5.41) is 5.31. The molecule has 4 rings (SSSR count). The van der Waals surface area contributed by atoms with Gasteiger partial charge in [-0.2, -0.15) is 0 Å². The van der Waals surface area contributed by atoms with Crippen LogP contribution in [0.4, 0.5) is 5.69 Å². The third kappa shape index (κ3) is 3.90. The quantitative estimate of drug-likeness (QED) is 0.532. The van der Waals surface area contributed by atoms with E-state index in [0.29, 0.717) is 5.16 Å². The van der Waals surface area contributed by atoms with Crippen molar-refractivity contribution in [2.75, 3.05) is 5.32 Å². The minimum atomic E-state index is -0.374. The van der Waals surface area contributed by atoms with Gasteiger partial charge >= 0.3 is 0 Å². The highest BCUT2D eigenvalue weighted by molar-refractivity contribution is 8.00. The highest BCUT2D eigenvalue weighted by Crippen LogP contribution is 2.24. The number of thioether (sulfide) groups is 1. The Morgan fingerprint density at radius 2 is 1.93 bits per heavy atom. The fraction of sp³-hybridized carbons (Fsp3) is 0.286. The van der Waals surface area contributed by atoms with E-state index in [-0.39, 0.29) is 16.7 Å². The number of nitrogens with zero attached hydrogens (tertiary/aromatic N) is 1. The number of amides is 1. The van der Waals surface area contributed by atoms with Gasteiger partial charge in [-0.3, -0.25) is 9.59 Å². The average Bonchev–Trinajstić information content (AvgIpc) is 2.68. The van der Waals surface area contributed by atoms with Gasteiger partial charge in [-0.1, -0.05) is 42.1 Å². The maximum Gasteiger partial charge on any atom is 0.254 e. The molecule has 0 radical (unpaired) electrons. The largest absolute Gasteiger partial charge is 0.325 e. The van der Waals surface area contributed by atoms with E-state index in [1.807, 2.05) is 49.4 Å². The maximum atomic E-state index is 12.6. The number of aryl methyl sites for hydroxylation is 1. The van der Waals surface area contributed by atoms with Gasteiger partial charge in [-0.25, -0.2) is 4.98 Å². The number of fused-ring (bicyclic) bond motifs is 2. The number of hydrogen-bond acceptors (Lipinski definition) is 4. The van der Waals surface area contributed by atoms with Crippen LogP contribution in [0, 0.1) is 0 Å². The van der Waals surface area contributed by atoms with Crippen LogP contribution in [0.2, 0.25) is 0 Å². The van der Waals surface area contributed by atoms with Crippen LogP contribution >= 0.6 is 11.8 Å². The van der Waals surface area contributed by atoms with Crippen LogP contribution in [-0.4, -0.2) is 21.1 Å². The molecule has 0 saturated carbocycles. The predicted molar refractivity (Wildman–Crippen MR) is 109 cm³/mol. The molecular weight excluding hydrogens is 358 g/mol. The van der Waals surface area contributed by atoms with Crippen molar-refractivity contribution in [2.24, 2.45) is 0 Å². The van der Waals surface area contributed by atoms with Gasteiger partial charge in [0.1, 0.15) is 0 Å². The summed E-state index contributed by atoms with van der Waals surface area (Å²) in [7, 11) is 0. The molecule has 2 N–H and O–H groups in total. The standard InChI is InChI=1S/C21H21N3O2S/c1-13(27-21-23-18-9-5-4-8-17(18)20(26)24-21)19(25)22-16-11-10-14-6-2-3-7-15(14)12-16/h2-3,6-7,10-13H,4-5,8-9H2,1H3,(H,22,25)(H,23,24,26)/t13-/m1/s1. The first-order valence-corrected chi connectivity index (χ1v) is 10.1. The topological polar surface area (TPSA) is 74.8 Å². The van der Waals surface area contributed by atoms with Crippen LogP contribution in [0.25, 0.3) is 10.8 Å². The summed E-state index contributed by atoms with van der Waals surface area (Å²) in [6.45, 7) is 1.82. The lowest BCUT2D eigenvalue weighted by atomic mass is 9.97. The second-order valence-electron chi connectivity index (χ2n) is 6.81. The highest BCUT2D eigenvalue weighted by atomic mass is 32.2. The first-order valence-electron chi connectivity index (χ1n) is 9.18. The molecule has 1 aromatic heterocycles. The zero-order valence-corrected chi connectivity index (χ0v) is 15.9. The van der Waals surface area contributed by atoms with E-state index in [1.54, 1.807) is 0 Å². The molecule has 0 saturated heterocycles. The minimum Gasteiger partial charge on any atom is -0.325 e. The van der Waals surface area contributed by atoms with Gasteiger partial charge in [0.2, 0.25) is 5.91 Å². The summed E-state index contributed by atoms with van der Waals surface area (Å²) in [4.78, 5) is 32.2.